The highest BCUT2D eigenvalue weighted by Gasteiger charge is 2.42. The minimum atomic E-state index is -1.18. The predicted octanol–water partition coefficient (Wildman–Crippen LogP) is 2.86. The van der Waals surface area contributed by atoms with Crippen molar-refractivity contribution < 1.29 is 23.5 Å². The van der Waals surface area contributed by atoms with Gasteiger partial charge in [-0.15, -0.1) is 0 Å². The SMILES string of the molecule is CC1(C)Oc2ccc(C(=O)NC3CC3)cc2N(CC(=O)Nc2cccc(F)c2)C1=O. The van der Waals surface area contributed by atoms with E-state index in [-0.39, 0.29) is 24.2 Å². The molecule has 0 bridgehead atoms. The number of carbonyl (C=O) groups excluding carboxylic acids is 3. The molecule has 2 aliphatic rings. The Balaban J connectivity index is 1.60. The molecule has 2 N–H and O–H groups in total. The lowest BCUT2D eigenvalue weighted by atomic mass is 10.0. The van der Waals surface area contributed by atoms with Crippen LogP contribution in [-0.4, -0.2) is 35.9 Å². The Hall–Kier alpha value is -3.42. The largest absolute Gasteiger partial charge is 0.476 e. The smallest absolute Gasteiger partial charge is 0.271 e. The van der Waals surface area contributed by atoms with E-state index in [9.17, 15) is 18.8 Å². The zero-order chi connectivity index (χ0) is 21.5. The maximum atomic E-state index is 13.4. The second kappa shape index (κ2) is 7.44. The van der Waals surface area contributed by atoms with Crippen LogP contribution in [0.5, 0.6) is 5.75 Å². The summed E-state index contributed by atoms with van der Waals surface area (Å²) >= 11 is 0. The van der Waals surface area contributed by atoms with Crippen LogP contribution >= 0.6 is 0 Å². The second-order valence-corrected chi connectivity index (χ2v) is 7.99. The molecule has 0 aromatic heterocycles. The van der Waals surface area contributed by atoms with Gasteiger partial charge in [-0.2, -0.15) is 0 Å². The molecule has 0 spiro atoms. The molecule has 1 aliphatic carbocycles. The fourth-order valence-corrected chi connectivity index (χ4v) is 3.27. The monoisotopic (exact) mass is 411 g/mol. The molecule has 1 saturated carbocycles. The molecule has 3 amide bonds. The van der Waals surface area contributed by atoms with Gasteiger partial charge in [-0.3, -0.25) is 19.3 Å². The van der Waals surface area contributed by atoms with Crippen molar-refractivity contribution >= 4 is 29.1 Å². The lowest BCUT2D eigenvalue weighted by Crippen LogP contribution is -2.54. The minimum Gasteiger partial charge on any atom is -0.476 e. The van der Waals surface area contributed by atoms with E-state index in [2.05, 4.69) is 10.6 Å². The van der Waals surface area contributed by atoms with Crippen LogP contribution in [0.2, 0.25) is 0 Å². The topological polar surface area (TPSA) is 87.7 Å². The number of hydrogen-bond acceptors (Lipinski definition) is 4. The molecule has 0 atom stereocenters. The Morgan fingerprint density at radius 1 is 1.20 bits per heavy atom. The van der Waals surface area contributed by atoms with Crippen molar-refractivity contribution in [1.82, 2.24) is 5.32 Å². The number of ether oxygens (including phenoxy) is 1. The molecular weight excluding hydrogens is 389 g/mol. The Kier molecular flexibility index (Phi) is 4.93. The summed E-state index contributed by atoms with van der Waals surface area (Å²) in [4.78, 5) is 39.3. The molecule has 0 unspecified atom stereocenters. The lowest BCUT2D eigenvalue weighted by molar-refractivity contribution is -0.133. The average molecular weight is 411 g/mol. The maximum Gasteiger partial charge on any atom is 0.271 e. The third-order valence-corrected chi connectivity index (χ3v) is 4.96. The van der Waals surface area contributed by atoms with Gasteiger partial charge >= 0.3 is 0 Å². The number of rotatable bonds is 5. The van der Waals surface area contributed by atoms with Gasteiger partial charge in [-0.25, -0.2) is 4.39 Å². The summed E-state index contributed by atoms with van der Waals surface area (Å²) < 4.78 is 19.2. The van der Waals surface area contributed by atoms with Crippen LogP contribution < -0.4 is 20.3 Å². The van der Waals surface area contributed by atoms with Crippen LogP contribution in [0.1, 0.15) is 37.0 Å². The average Bonchev–Trinajstić information content (AvgIpc) is 3.49. The van der Waals surface area contributed by atoms with Gasteiger partial charge in [0, 0.05) is 17.3 Å². The molecule has 1 aliphatic heterocycles. The molecule has 1 heterocycles. The van der Waals surface area contributed by atoms with E-state index in [1.54, 1.807) is 38.1 Å². The summed E-state index contributed by atoms with van der Waals surface area (Å²) in [5.41, 5.74) is -0.161. The molecular formula is C22H22FN3O4. The summed E-state index contributed by atoms with van der Waals surface area (Å²) in [5.74, 6) is -1.22. The summed E-state index contributed by atoms with van der Waals surface area (Å²) in [6.45, 7) is 2.93. The zero-order valence-electron chi connectivity index (χ0n) is 16.7. The molecule has 7 nitrogen and oxygen atoms in total. The van der Waals surface area contributed by atoms with E-state index in [4.69, 9.17) is 4.74 Å². The van der Waals surface area contributed by atoms with Crippen molar-refractivity contribution in [2.75, 3.05) is 16.8 Å². The molecule has 1 fully saturated rings. The van der Waals surface area contributed by atoms with Crippen LogP contribution in [0.15, 0.2) is 42.5 Å². The molecule has 156 valence electrons. The van der Waals surface area contributed by atoms with E-state index in [1.807, 2.05) is 0 Å². The number of benzene rings is 2. The predicted molar refractivity (Wildman–Crippen MR) is 109 cm³/mol. The number of hydrogen-bond donors (Lipinski definition) is 2. The van der Waals surface area contributed by atoms with Crippen molar-refractivity contribution in [3.05, 3.63) is 53.8 Å². The third-order valence-electron chi connectivity index (χ3n) is 4.96. The van der Waals surface area contributed by atoms with Crippen LogP contribution in [0.3, 0.4) is 0 Å². The van der Waals surface area contributed by atoms with E-state index < -0.39 is 23.2 Å². The first kappa shape index (κ1) is 19.9. The lowest BCUT2D eigenvalue weighted by Gasteiger charge is -2.38. The van der Waals surface area contributed by atoms with E-state index in [0.29, 0.717) is 17.0 Å². The molecule has 2 aromatic carbocycles. The van der Waals surface area contributed by atoms with Crippen molar-refractivity contribution in [2.24, 2.45) is 0 Å². The summed E-state index contributed by atoms with van der Waals surface area (Å²) in [7, 11) is 0. The third kappa shape index (κ3) is 4.12. The Bertz CT molecular complexity index is 1030. The number of anilines is 2. The van der Waals surface area contributed by atoms with Gasteiger partial charge in [0.25, 0.3) is 11.8 Å². The number of carbonyl (C=O) groups is 3. The Morgan fingerprint density at radius 3 is 2.67 bits per heavy atom. The van der Waals surface area contributed by atoms with Crippen molar-refractivity contribution in [3.8, 4) is 5.75 Å². The van der Waals surface area contributed by atoms with Gasteiger partial charge in [0.05, 0.1) is 5.69 Å². The number of nitrogens with zero attached hydrogens (tertiary/aromatic N) is 1. The van der Waals surface area contributed by atoms with Gasteiger partial charge in [0.1, 0.15) is 18.1 Å². The Labute approximate surface area is 173 Å². The molecule has 8 heteroatoms. The zero-order valence-corrected chi connectivity index (χ0v) is 16.7. The van der Waals surface area contributed by atoms with E-state index in [0.717, 1.165) is 12.8 Å². The van der Waals surface area contributed by atoms with E-state index in [1.165, 1.54) is 23.1 Å². The standard InChI is InChI=1S/C22H22FN3O4/c1-22(2)21(29)26(12-19(27)24-16-5-3-4-14(23)11-16)17-10-13(6-9-18(17)30-22)20(28)25-15-7-8-15/h3-6,9-11,15H,7-8,12H2,1-2H3,(H,24,27)(H,25,28). The van der Waals surface area contributed by atoms with Gasteiger partial charge in [0.15, 0.2) is 5.60 Å². The fraction of sp³-hybridized carbons (Fsp3) is 0.318. The highest BCUT2D eigenvalue weighted by molar-refractivity contribution is 6.08. The van der Waals surface area contributed by atoms with Crippen LogP contribution in [0.4, 0.5) is 15.8 Å². The first-order chi connectivity index (χ1) is 14.2. The molecule has 0 saturated heterocycles. The van der Waals surface area contributed by atoms with Gasteiger partial charge in [-0.05, 0) is 63.1 Å². The minimum absolute atomic E-state index is 0.193. The van der Waals surface area contributed by atoms with E-state index >= 15 is 0 Å². The van der Waals surface area contributed by atoms with Gasteiger partial charge in [0.2, 0.25) is 5.91 Å². The molecule has 30 heavy (non-hydrogen) atoms. The number of fused-ring (bicyclic) bond motifs is 1. The summed E-state index contributed by atoms with van der Waals surface area (Å²) in [6.07, 6.45) is 1.91. The van der Waals surface area contributed by atoms with Crippen LogP contribution in [0.25, 0.3) is 0 Å². The number of halogens is 1. The second-order valence-electron chi connectivity index (χ2n) is 7.99. The first-order valence-corrected chi connectivity index (χ1v) is 9.74. The summed E-state index contributed by atoms with van der Waals surface area (Å²) in [5, 5.41) is 5.49. The Morgan fingerprint density at radius 2 is 1.97 bits per heavy atom. The molecule has 2 aromatic rings. The molecule has 4 rings (SSSR count). The number of amides is 3. The van der Waals surface area contributed by atoms with Crippen molar-refractivity contribution in [1.29, 1.82) is 0 Å². The maximum absolute atomic E-state index is 13.4. The van der Waals surface area contributed by atoms with Gasteiger partial charge < -0.3 is 15.4 Å². The van der Waals surface area contributed by atoms with Crippen molar-refractivity contribution in [2.45, 2.75) is 38.3 Å². The van der Waals surface area contributed by atoms with Crippen LogP contribution in [0, 0.1) is 5.82 Å². The highest BCUT2D eigenvalue weighted by atomic mass is 19.1. The normalized spacial score (nSPS) is 17.0. The highest BCUT2D eigenvalue weighted by Crippen LogP contribution is 2.38. The quantitative estimate of drug-likeness (QED) is 0.792. The number of nitrogens with one attached hydrogen (secondary N) is 2. The fourth-order valence-electron chi connectivity index (χ4n) is 3.27. The van der Waals surface area contributed by atoms with Crippen LogP contribution in [-0.2, 0) is 9.59 Å². The van der Waals surface area contributed by atoms with Gasteiger partial charge in [-0.1, -0.05) is 6.07 Å². The first-order valence-electron chi connectivity index (χ1n) is 9.74. The molecule has 0 radical (unpaired) electrons. The summed E-state index contributed by atoms with van der Waals surface area (Å²) in [6, 6.07) is 10.5. The van der Waals surface area contributed by atoms with Crippen molar-refractivity contribution in [3.63, 3.8) is 0 Å².